The molecule has 2 atom stereocenters. The molecule has 2 N–H and O–H groups in total. The highest BCUT2D eigenvalue weighted by atomic mass is 35.5. The smallest absolute Gasteiger partial charge is 0.341 e. The zero-order chi connectivity index (χ0) is 45.1. The van der Waals surface area contributed by atoms with Gasteiger partial charge in [-0.3, -0.25) is 0 Å². The van der Waals surface area contributed by atoms with Gasteiger partial charge in [-0.1, -0.05) is 74.7 Å². The summed E-state index contributed by atoms with van der Waals surface area (Å²) in [7, 11) is 0. The van der Waals surface area contributed by atoms with Crippen LogP contribution in [0.3, 0.4) is 0 Å². The largest absolute Gasteiger partial charge is 0.484 e. The molecule has 0 saturated heterocycles. The van der Waals surface area contributed by atoms with Crippen molar-refractivity contribution < 1.29 is 38.7 Å². The van der Waals surface area contributed by atoms with Gasteiger partial charge in [-0.05, 0) is 136 Å². The van der Waals surface area contributed by atoms with Crippen molar-refractivity contribution in [3.05, 3.63) is 154 Å². The van der Waals surface area contributed by atoms with Gasteiger partial charge in [0.05, 0.1) is 34.4 Å². The van der Waals surface area contributed by atoms with Crippen LogP contribution in [0.1, 0.15) is 92.7 Å². The zero-order valence-corrected chi connectivity index (χ0v) is 36.7. The number of carbonyl (C=O) groups is 2. The van der Waals surface area contributed by atoms with E-state index in [1.807, 2.05) is 98.8 Å². The molecule has 6 rings (SSSR count). The summed E-state index contributed by atoms with van der Waals surface area (Å²) in [6.07, 6.45) is 5.33. The minimum Gasteiger partial charge on any atom is -0.484 e. The Morgan fingerprint density at radius 3 is 1.44 bits per heavy atom. The van der Waals surface area contributed by atoms with Gasteiger partial charge in [-0.2, -0.15) is 5.26 Å². The molecular formula is C51H52ClN3O8. The van der Waals surface area contributed by atoms with Crippen LogP contribution in [0.25, 0.3) is 22.5 Å². The Balaban J connectivity index is 0.000000238. The molecule has 326 valence electrons. The standard InChI is InChI=1S/C26H26N2O4.C25H26ClNO4/c1-3-4-8-25(32-21-13-14-24(18(2)15-21)31-17-26(29)30)23-7-5-6-22(28-23)20-11-9-19(16-27)10-12-20;1-3-4-8-24(31-20-13-14-23(17(2)15-20)30-16-25(28)29)22-7-5-6-21(27-22)18-9-11-19(26)12-10-18/h5-7,9-15,25H,3-4,8,17H2,1-2H3,(H,29,30);5-7,9-15,24H,3-4,8,16H2,1-2H3,(H,28,29)/t25-;24-/m00/s1. The van der Waals surface area contributed by atoms with Crippen molar-refractivity contribution in [1.29, 1.82) is 5.26 Å². The number of ether oxygens (including phenoxy) is 4. The fourth-order valence-corrected chi connectivity index (χ4v) is 6.68. The van der Waals surface area contributed by atoms with Crippen molar-refractivity contribution in [3.63, 3.8) is 0 Å². The van der Waals surface area contributed by atoms with Crippen molar-refractivity contribution >= 4 is 23.5 Å². The maximum absolute atomic E-state index is 10.7. The van der Waals surface area contributed by atoms with Gasteiger partial charge in [-0.25, -0.2) is 19.6 Å². The average Bonchev–Trinajstić information content (AvgIpc) is 3.29. The fourth-order valence-electron chi connectivity index (χ4n) is 6.55. The maximum atomic E-state index is 10.7. The molecule has 0 unspecified atom stereocenters. The van der Waals surface area contributed by atoms with Gasteiger partial charge in [-0.15, -0.1) is 0 Å². The Morgan fingerprint density at radius 2 is 1.06 bits per heavy atom. The highest BCUT2D eigenvalue weighted by Crippen LogP contribution is 2.33. The lowest BCUT2D eigenvalue weighted by molar-refractivity contribution is -0.140. The highest BCUT2D eigenvalue weighted by Gasteiger charge is 2.19. The number of rotatable bonds is 20. The second-order valence-electron chi connectivity index (χ2n) is 14.8. The van der Waals surface area contributed by atoms with E-state index in [9.17, 15) is 9.59 Å². The van der Waals surface area contributed by atoms with Crippen LogP contribution in [-0.2, 0) is 9.59 Å². The number of hydrogen-bond acceptors (Lipinski definition) is 9. The number of halogens is 1. The van der Waals surface area contributed by atoms with Gasteiger partial charge in [0.25, 0.3) is 0 Å². The molecule has 0 fully saturated rings. The SMILES string of the molecule is CCCC[C@H](Oc1ccc(OCC(=O)O)c(C)c1)c1cccc(-c2ccc(C#N)cc2)n1.CCCC[C@H](Oc1ccc(OCC(=O)O)c(C)c1)c1cccc(-c2ccc(Cl)cc2)n1. The summed E-state index contributed by atoms with van der Waals surface area (Å²) in [5, 5.41) is 27.3. The molecule has 0 saturated carbocycles. The van der Waals surface area contributed by atoms with Gasteiger partial charge in [0, 0.05) is 16.1 Å². The van der Waals surface area contributed by atoms with Crippen LogP contribution in [0, 0.1) is 25.2 Å². The maximum Gasteiger partial charge on any atom is 0.341 e. The molecule has 0 amide bonds. The van der Waals surface area contributed by atoms with Gasteiger partial charge in [0.15, 0.2) is 13.2 Å². The predicted octanol–water partition coefficient (Wildman–Crippen LogP) is 12.2. The Morgan fingerprint density at radius 1 is 0.635 bits per heavy atom. The minimum atomic E-state index is -1.02. The summed E-state index contributed by atoms with van der Waals surface area (Å²) in [5.74, 6) is 0.397. The van der Waals surface area contributed by atoms with E-state index in [2.05, 4.69) is 19.9 Å². The first kappa shape index (κ1) is 47.2. The van der Waals surface area contributed by atoms with Crippen molar-refractivity contribution in [2.75, 3.05) is 13.2 Å². The van der Waals surface area contributed by atoms with Gasteiger partial charge in [0.1, 0.15) is 35.2 Å². The molecule has 0 bridgehead atoms. The number of nitriles is 1. The van der Waals surface area contributed by atoms with E-state index in [4.69, 9.17) is 56.0 Å². The zero-order valence-electron chi connectivity index (χ0n) is 35.9. The molecule has 0 aliphatic heterocycles. The van der Waals surface area contributed by atoms with E-state index < -0.39 is 11.9 Å². The molecule has 12 heteroatoms. The molecular weight excluding hydrogens is 818 g/mol. The third-order valence-corrected chi connectivity index (χ3v) is 10.1. The molecule has 0 radical (unpaired) electrons. The van der Waals surface area contributed by atoms with Crippen LogP contribution in [0.15, 0.2) is 121 Å². The molecule has 2 aromatic heterocycles. The number of nitrogens with zero attached hydrogens (tertiary/aromatic N) is 3. The third kappa shape index (κ3) is 14.6. The first-order valence-corrected chi connectivity index (χ1v) is 21.3. The second kappa shape index (κ2) is 23.9. The Bertz CT molecular complexity index is 2470. The van der Waals surface area contributed by atoms with Gasteiger partial charge >= 0.3 is 11.9 Å². The summed E-state index contributed by atoms with van der Waals surface area (Å²) >= 11 is 6.01. The van der Waals surface area contributed by atoms with Gasteiger partial charge in [0.2, 0.25) is 0 Å². The first-order valence-electron chi connectivity index (χ1n) is 20.9. The fraction of sp³-hybridized carbons (Fsp3) is 0.275. The number of aryl methyl sites for hydroxylation is 2. The normalized spacial score (nSPS) is 11.6. The molecule has 4 aromatic carbocycles. The van der Waals surface area contributed by atoms with E-state index in [1.165, 1.54) is 0 Å². The molecule has 0 aliphatic carbocycles. The summed E-state index contributed by atoms with van der Waals surface area (Å²) in [5.41, 5.74) is 7.56. The van der Waals surface area contributed by atoms with E-state index in [1.54, 1.807) is 36.4 Å². The number of aromatic nitrogens is 2. The molecule has 0 spiro atoms. The number of hydrogen-bond donors (Lipinski definition) is 2. The quantitative estimate of drug-likeness (QED) is 0.0751. The van der Waals surface area contributed by atoms with Crippen molar-refractivity contribution in [2.45, 2.75) is 78.4 Å². The van der Waals surface area contributed by atoms with Crippen LogP contribution in [0.5, 0.6) is 23.0 Å². The van der Waals surface area contributed by atoms with Crippen molar-refractivity contribution in [1.82, 2.24) is 9.97 Å². The summed E-state index contributed by atoms with van der Waals surface area (Å²) < 4.78 is 23.2. The highest BCUT2D eigenvalue weighted by molar-refractivity contribution is 6.30. The number of benzene rings is 4. The summed E-state index contributed by atoms with van der Waals surface area (Å²) in [6, 6.07) is 39.7. The molecule has 11 nitrogen and oxygen atoms in total. The molecule has 6 aromatic rings. The number of pyridine rings is 2. The monoisotopic (exact) mass is 869 g/mol. The average molecular weight is 870 g/mol. The number of aliphatic carboxylic acids is 2. The van der Waals surface area contributed by atoms with Crippen LogP contribution in [0.4, 0.5) is 0 Å². The van der Waals surface area contributed by atoms with Crippen LogP contribution < -0.4 is 18.9 Å². The Kier molecular flexibility index (Phi) is 17.9. The Labute approximate surface area is 373 Å². The first-order chi connectivity index (χ1) is 30.5. The van der Waals surface area contributed by atoms with E-state index in [0.717, 1.165) is 83.6 Å². The number of unbranched alkanes of at least 4 members (excludes halogenated alkanes) is 2. The molecule has 63 heavy (non-hydrogen) atoms. The van der Waals surface area contributed by atoms with Crippen LogP contribution in [0.2, 0.25) is 5.02 Å². The van der Waals surface area contributed by atoms with E-state index in [0.29, 0.717) is 33.6 Å². The van der Waals surface area contributed by atoms with Crippen molar-refractivity contribution in [3.8, 4) is 51.6 Å². The summed E-state index contributed by atoms with van der Waals surface area (Å²) in [4.78, 5) is 31.2. The Hall–Kier alpha value is -6.90. The predicted molar refractivity (Wildman–Crippen MR) is 243 cm³/mol. The number of carboxylic acid groups (broad SMARTS) is 2. The lowest BCUT2D eigenvalue weighted by atomic mass is 10.1. The lowest BCUT2D eigenvalue weighted by Gasteiger charge is -2.20. The van der Waals surface area contributed by atoms with E-state index in [-0.39, 0.29) is 25.4 Å². The summed E-state index contributed by atoms with van der Waals surface area (Å²) in [6.45, 7) is 7.25. The third-order valence-electron chi connectivity index (χ3n) is 9.84. The minimum absolute atomic E-state index is 0.197. The van der Waals surface area contributed by atoms with Gasteiger partial charge < -0.3 is 29.2 Å². The van der Waals surface area contributed by atoms with Crippen molar-refractivity contribution in [2.24, 2.45) is 0 Å². The lowest BCUT2D eigenvalue weighted by Crippen LogP contribution is -2.11. The molecule has 2 heterocycles. The second-order valence-corrected chi connectivity index (χ2v) is 15.2. The molecule has 0 aliphatic rings. The van der Waals surface area contributed by atoms with E-state index >= 15 is 0 Å². The van der Waals surface area contributed by atoms with Crippen LogP contribution in [-0.4, -0.2) is 45.3 Å². The topological polar surface area (TPSA) is 161 Å². The number of carboxylic acids is 2. The van der Waals surface area contributed by atoms with Crippen LogP contribution >= 0.6 is 11.6 Å².